The number of benzene rings is 3. The molecule has 0 aliphatic carbocycles. The van der Waals surface area contributed by atoms with E-state index in [0.717, 1.165) is 10.6 Å². The SMILES string of the molecule is O=C(ON1c2cccnc2NC1c1cc(OCc2ccccc2)cc(OCc2ccccc2F)c1)C(F)(F)F. The number of halogens is 4. The molecule has 2 heterocycles. The Labute approximate surface area is 220 Å². The molecule has 0 radical (unpaired) electrons. The fraction of sp³-hybridized carbons (Fsp3) is 0.143. The van der Waals surface area contributed by atoms with Gasteiger partial charge in [-0.15, -0.1) is 0 Å². The van der Waals surface area contributed by atoms with Gasteiger partial charge in [-0.1, -0.05) is 48.5 Å². The van der Waals surface area contributed by atoms with Crippen LogP contribution in [0.4, 0.5) is 29.1 Å². The molecule has 1 aliphatic rings. The molecule has 0 amide bonds. The van der Waals surface area contributed by atoms with Gasteiger partial charge in [0.2, 0.25) is 0 Å². The van der Waals surface area contributed by atoms with Gasteiger partial charge >= 0.3 is 12.1 Å². The van der Waals surface area contributed by atoms with Crippen molar-refractivity contribution >= 4 is 17.5 Å². The molecule has 1 aliphatic heterocycles. The van der Waals surface area contributed by atoms with E-state index in [1.165, 1.54) is 30.5 Å². The summed E-state index contributed by atoms with van der Waals surface area (Å²) in [5, 5.41) is 3.77. The van der Waals surface area contributed by atoms with E-state index in [1.807, 2.05) is 30.3 Å². The Bertz CT molecular complexity index is 1470. The van der Waals surface area contributed by atoms with Crippen LogP contribution in [0.15, 0.2) is 91.1 Å². The van der Waals surface area contributed by atoms with Crippen LogP contribution in [0.25, 0.3) is 0 Å². The number of pyridine rings is 1. The molecule has 5 rings (SSSR count). The van der Waals surface area contributed by atoms with Gasteiger partial charge in [-0.25, -0.2) is 14.2 Å². The Morgan fingerprint density at radius 1 is 0.897 bits per heavy atom. The maximum atomic E-state index is 14.2. The van der Waals surface area contributed by atoms with Crippen molar-refractivity contribution in [2.24, 2.45) is 0 Å². The lowest BCUT2D eigenvalue weighted by Crippen LogP contribution is -2.36. The van der Waals surface area contributed by atoms with Crippen LogP contribution in [-0.4, -0.2) is 17.1 Å². The van der Waals surface area contributed by atoms with Gasteiger partial charge in [0.05, 0.1) is 0 Å². The van der Waals surface area contributed by atoms with Crippen molar-refractivity contribution in [2.45, 2.75) is 25.6 Å². The zero-order valence-corrected chi connectivity index (χ0v) is 20.2. The number of anilines is 2. The van der Waals surface area contributed by atoms with Crippen LogP contribution in [0.1, 0.15) is 22.9 Å². The van der Waals surface area contributed by atoms with E-state index in [1.54, 1.807) is 30.3 Å². The number of carbonyl (C=O) groups is 1. The van der Waals surface area contributed by atoms with Crippen LogP contribution in [0.3, 0.4) is 0 Å². The third kappa shape index (κ3) is 6.03. The van der Waals surface area contributed by atoms with Crippen LogP contribution in [0.5, 0.6) is 11.5 Å². The van der Waals surface area contributed by atoms with Gasteiger partial charge in [0.25, 0.3) is 0 Å². The number of hydrogen-bond acceptors (Lipinski definition) is 7. The predicted molar refractivity (Wildman–Crippen MR) is 133 cm³/mol. The number of carbonyl (C=O) groups excluding carboxylic acids is 1. The highest BCUT2D eigenvalue weighted by molar-refractivity contribution is 5.80. The first-order valence-electron chi connectivity index (χ1n) is 11.8. The first-order chi connectivity index (χ1) is 18.8. The molecule has 200 valence electrons. The van der Waals surface area contributed by atoms with Crippen molar-refractivity contribution in [3.05, 3.63) is 114 Å². The number of nitrogens with zero attached hydrogens (tertiary/aromatic N) is 2. The van der Waals surface area contributed by atoms with Gasteiger partial charge in [-0.05, 0) is 35.9 Å². The molecule has 4 aromatic rings. The van der Waals surface area contributed by atoms with Gasteiger partial charge in [0, 0.05) is 23.4 Å². The summed E-state index contributed by atoms with van der Waals surface area (Å²) in [4.78, 5) is 20.7. The summed E-state index contributed by atoms with van der Waals surface area (Å²) < 4.78 is 65.2. The van der Waals surface area contributed by atoms with E-state index in [4.69, 9.17) is 14.3 Å². The van der Waals surface area contributed by atoms with Crippen LogP contribution < -0.4 is 19.9 Å². The standard InChI is InChI=1S/C28H21F4N3O4/c29-23-10-5-4-9-19(23)17-38-22-14-20(13-21(15-22)37-16-18-7-2-1-3-8-18)26-34-25-24(11-6-12-33-25)35(26)39-27(36)28(30,31)32/h1-15,26H,16-17H2,(H,33,34). The first kappa shape index (κ1) is 25.8. The minimum Gasteiger partial charge on any atom is -0.489 e. The maximum Gasteiger partial charge on any atom is 0.493 e. The molecule has 11 heteroatoms. The maximum absolute atomic E-state index is 14.2. The molecular formula is C28H21F4N3O4. The highest BCUT2D eigenvalue weighted by Crippen LogP contribution is 2.42. The molecule has 0 saturated heterocycles. The van der Waals surface area contributed by atoms with E-state index in [-0.39, 0.29) is 30.5 Å². The smallest absolute Gasteiger partial charge is 0.489 e. The van der Waals surface area contributed by atoms with Crippen molar-refractivity contribution in [3.8, 4) is 11.5 Å². The molecule has 0 fully saturated rings. The minimum absolute atomic E-state index is 0.110. The van der Waals surface area contributed by atoms with Gasteiger partial charge in [0.15, 0.2) is 12.0 Å². The number of hydroxylamine groups is 1. The van der Waals surface area contributed by atoms with E-state index in [0.29, 0.717) is 16.9 Å². The number of aromatic nitrogens is 1. The highest BCUT2D eigenvalue weighted by Gasteiger charge is 2.45. The number of ether oxygens (including phenoxy) is 2. The Morgan fingerprint density at radius 3 is 2.31 bits per heavy atom. The zero-order chi connectivity index (χ0) is 27.4. The number of nitrogens with one attached hydrogen (secondary N) is 1. The van der Waals surface area contributed by atoms with Crippen LogP contribution in [0, 0.1) is 5.82 Å². The summed E-state index contributed by atoms with van der Waals surface area (Å²) in [6.07, 6.45) is -4.87. The topological polar surface area (TPSA) is 72.9 Å². The molecule has 0 bridgehead atoms. The molecule has 1 atom stereocenters. The van der Waals surface area contributed by atoms with Crippen molar-refractivity contribution < 1.29 is 36.7 Å². The van der Waals surface area contributed by atoms with Gasteiger partial charge in [0.1, 0.15) is 36.2 Å². The summed E-state index contributed by atoms with van der Waals surface area (Å²) in [5.74, 6) is -2.04. The third-order valence-corrected chi connectivity index (χ3v) is 5.76. The molecule has 7 nitrogen and oxygen atoms in total. The molecule has 1 aromatic heterocycles. The molecule has 0 spiro atoms. The van der Waals surface area contributed by atoms with Crippen LogP contribution in [-0.2, 0) is 22.8 Å². The second-order valence-corrected chi connectivity index (χ2v) is 8.51. The first-order valence-corrected chi connectivity index (χ1v) is 11.8. The van der Waals surface area contributed by atoms with Crippen LogP contribution in [0.2, 0.25) is 0 Å². The van der Waals surface area contributed by atoms with E-state index in [2.05, 4.69) is 10.3 Å². The number of fused-ring (bicyclic) bond motifs is 1. The summed E-state index contributed by atoms with van der Waals surface area (Å²) in [6, 6.07) is 23.1. The number of rotatable bonds is 8. The average Bonchev–Trinajstić information content (AvgIpc) is 3.30. The largest absolute Gasteiger partial charge is 0.493 e. The summed E-state index contributed by atoms with van der Waals surface area (Å²) in [7, 11) is 0. The lowest BCUT2D eigenvalue weighted by atomic mass is 10.1. The third-order valence-electron chi connectivity index (χ3n) is 5.76. The number of alkyl halides is 3. The minimum atomic E-state index is -5.22. The van der Waals surface area contributed by atoms with Crippen molar-refractivity contribution in [1.29, 1.82) is 0 Å². The van der Waals surface area contributed by atoms with Crippen molar-refractivity contribution in [3.63, 3.8) is 0 Å². The Balaban J connectivity index is 1.47. The van der Waals surface area contributed by atoms with Gasteiger partial charge in [-0.3, -0.25) is 0 Å². The van der Waals surface area contributed by atoms with Gasteiger partial charge in [-0.2, -0.15) is 18.2 Å². The summed E-state index contributed by atoms with van der Waals surface area (Å²) >= 11 is 0. The lowest BCUT2D eigenvalue weighted by Gasteiger charge is -2.26. The van der Waals surface area contributed by atoms with E-state index >= 15 is 0 Å². The monoisotopic (exact) mass is 539 g/mol. The summed E-state index contributed by atoms with van der Waals surface area (Å²) in [5.41, 5.74) is 1.67. The van der Waals surface area contributed by atoms with Crippen molar-refractivity contribution in [1.82, 2.24) is 4.98 Å². The van der Waals surface area contributed by atoms with Crippen LogP contribution >= 0.6 is 0 Å². The Hall–Kier alpha value is -4.80. The van der Waals surface area contributed by atoms with Gasteiger partial charge < -0.3 is 19.6 Å². The van der Waals surface area contributed by atoms with E-state index < -0.39 is 24.1 Å². The molecule has 0 saturated carbocycles. The second kappa shape index (κ2) is 10.9. The quantitative estimate of drug-likeness (QED) is 0.262. The zero-order valence-electron chi connectivity index (χ0n) is 20.2. The average molecular weight is 539 g/mol. The normalized spacial score (nSPS) is 14.4. The fourth-order valence-corrected chi connectivity index (χ4v) is 3.91. The molecule has 39 heavy (non-hydrogen) atoms. The predicted octanol–water partition coefficient (Wildman–Crippen LogP) is 6.33. The highest BCUT2D eigenvalue weighted by atomic mass is 19.4. The fourth-order valence-electron chi connectivity index (χ4n) is 3.91. The molecule has 1 N–H and O–H groups in total. The Morgan fingerprint density at radius 2 is 1.59 bits per heavy atom. The lowest BCUT2D eigenvalue weighted by molar-refractivity contribution is -0.201. The number of hydrogen-bond donors (Lipinski definition) is 1. The Kier molecular flexibility index (Phi) is 7.22. The van der Waals surface area contributed by atoms with Crippen molar-refractivity contribution in [2.75, 3.05) is 10.4 Å². The summed E-state index contributed by atoms with van der Waals surface area (Å²) in [6.45, 7) is 0.0879. The van der Waals surface area contributed by atoms with E-state index in [9.17, 15) is 22.4 Å². The molecular weight excluding hydrogens is 518 g/mol. The second-order valence-electron chi connectivity index (χ2n) is 8.51. The molecule has 1 unspecified atom stereocenters. The molecule has 3 aromatic carbocycles.